The van der Waals surface area contributed by atoms with Crippen molar-refractivity contribution in [3.63, 3.8) is 0 Å². The molecule has 2 amide bonds. The van der Waals surface area contributed by atoms with Gasteiger partial charge >= 0.3 is 0 Å². The lowest BCUT2D eigenvalue weighted by Crippen LogP contribution is -2.51. The smallest absolute Gasteiger partial charge is 0.260 e. The van der Waals surface area contributed by atoms with Gasteiger partial charge in [-0.3, -0.25) is 9.59 Å². The Morgan fingerprint density at radius 1 is 1.00 bits per heavy atom. The molecule has 5 nitrogen and oxygen atoms in total. The Labute approximate surface area is 158 Å². The van der Waals surface area contributed by atoms with Crippen LogP contribution >= 0.6 is 0 Å². The zero-order valence-corrected chi connectivity index (χ0v) is 15.6. The number of halogens is 1. The third-order valence-electron chi connectivity index (χ3n) is 4.67. The minimum absolute atomic E-state index is 0.0260. The van der Waals surface area contributed by atoms with Gasteiger partial charge in [-0.05, 0) is 43.7 Å². The molecule has 6 heteroatoms. The van der Waals surface area contributed by atoms with Crippen LogP contribution in [0.1, 0.15) is 21.5 Å². The second-order valence-corrected chi connectivity index (χ2v) is 6.74. The highest BCUT2D eigenvalue weighted by Gasteiger charge is 2.25. The molecule has 1 aliphatic heterocycles. The Kier molecular flexibility index (Phi) is 5.74. The normalized spacial score (nSPS) is 14.2. The first-order chi connectivity index (χ1) is 12.9. The van der Waals surface area contributed by atoms with Crippen LogP contribution in [-0.4, -0.2) is 54.4 Å². The lowest BCUT2D eigenvalue weighted by Gasteiger charge is -2.34. The molecule has 0 spiro atoms. The van der Waals surface area contributed by atoms with E-state index in [1.54, 1.807) is 15.9 Å². The minimum atomic E-state index is -0.432. The predicted molar refractivity (Wildman–Crippen MR) is 100 cm³/mol. The highest BCUT2D eigenvalue weighted by atomic mass is 19.1. The van der Waals surface area contributed by atoms with Gasteiger partial charge in [0.1, 0.15) is 11.6 Å². The Morgan fingerprint density at radius 3 is 2.37 bits per heavy atom. The zero-order valence-electron chi connectivity index (χ0n) is 15.6. The summed E-state index contributed by atoms with van der Waals surface area (Å²) in [5, 5.41) is 0. The lowest BCUT2D eigenvalue weighted by molar-refractivity contribution is -0.134. The summed E-state index contributed by atoms with van der Waals surface area (Å²) >= 11 is 0. The molecule has 0 saturated carbocycles. The summed E-state index contributed by atoms with van der Waals surface area (Å²) in [6.45, 7) is 5.65. The Hall–Kier alpha value is -2.89. The van der Waals surface area contributed by atoms with Gasteiger partial charge < -0.3 is 14.5 Å². The van der Waals surface area contributed by atoms with Gasteiger partial charge in [0.05, 0.1) is 0 Å². The summed E-state index contributed by atoms with van der Waals surface area (Å²) in [7, 11) is 0. The molecule has 0 aliphatic carbocycles. The summed E-state index contributed by atoms with van der Waals surface area (Å²) < 4.78 is 19.0. The number of benzene rings is 2. The fourth-order valence-electron chi connectivity index (χ4n) is 3.16. The topological polar surface area (TPSA) is 49.9 Å². The highest BCUT2D eigenvalue weighted by molar-refractivity contribution is 5.94. The van der Waals surface area contributed by atoms with E-state index in [1.165, 1.54) is 18.2 Å². The van der Waals surface area contributed by atoms with E-state index in [9.17, 15) is 14.0 Å². The third-order valence-corrected chi connectivity index (χ3v) is 4.67. The molecule has 1 fully saturated rings. The standard InChI is InChI=1S/C21H23FN2O3/c1-15-6-7-19(16(2)12-15)27-14-20(25)23-8-10-24(11-9-23)21(26)17-4-3-5-18(22)13-17/h3-7,12-13H,8-11,14H2,1-2H3. The van der Waals surface area contributed by atoms with E-state index in [0.29, 0.717) is 37.5 Å². The number of ether oxygens (including phenoxy) is 1. The van der Waals surface area contributed by atoms with E-state index in [4.69, 9.17) is 4.74 Å². The van der Waals surface area contributed by atoms with Crippen molar-refractivity contribution in [2.45, 2.75) is 13.8 Å². The number of amides is 2. The van der Waals surface area contributed by atoms with Crippen LogP contribution < -0.4 is 4.74 Å². The molecule has 1 heterocycles. The minimum Gasteiger partial charge on any atom is -0.484 e. The number of rotatable bonds is 4. The number of carbonyl (C=O) groups is 2. The fourth-order valence-corrected chi connectivity index (χ4v) is 3.16. The maximum absolute atomic E-state index is 13.3. The van der Waals surface area contributed by atoms with Gasteiger partial charge in [-0.15, -0.1) is 0 Å². The van der Waals surface area contributed by atoms with Crippen molar-refractivity contribution >= 4 is 11.8 Å². The van der Waals surface area contributed by atoms with Crippen LogP contribution in [0.4, 0.5) is 4.39 Å². The van der Waals surface area contributed by atoms with Crippen LogP contribution in [0.15, 0.2) is 42.5 Å². The van der Waals surface area contributed by atoms with E-state index in [-0.39, 0.29) is 18.4 Å². The summed E-state index contributed by atoms with van der Waals surface area (Å²) in [5.74, 6) is -0.0481. The van der Waals surface area contributed by atoms with Crippen molar-refractivity contribution in [1.29, 1.82) is 0 Å². The molecule has 3 rings (SSSR count). The molecule has 27 heavy (non-hydrogen) atoms. The lowest BCUT2D eigenvalue weighted by atomic mass is 10.1. The molecule has 2 aromatic carbocycles. The summed E-state index contributed by atoms with van der Waals surface area (Å²) in [6, 6.07) is 11.5. The van der Waals surface area contributed by atoms with Crippen LogP contribution in [0, 0.1) is 19.7 Å². The van der Waals surface area contributed by atoms with E-state index in [1.807, 2.05) is 32.0 Å². The van der Waals surface area contributed by atoms with Gasteiger partial charge in [0.25, 0.3) is 11.8 Å². The highest BCUT2D eigenvalue weighted by Crippen LogP contribution is 2.19. The molecular weight excluding hydrogens is 347 g/mol. The predicted octanol–water partition coefficient (Wildman–Crippen LogP) is 2.81. The fraction of sp³-hybridized carbons (Fsp3) is 0.333. The molecule has 0 atom stereocenters. The molecular formula is C21H23FN2O3. The number of carbonyl (C=O) groups excluding carboxylic acids is 2. The first-order valence-corrected chi connectivity index (χ1v) is 8.97. The van der Waals surface area contributed by atoms with E-state index >= 15 is 0 Å². The van der Waals surface area contributed by atoms with Gasteiger partial charge in [0.2, 0.25) is 0 Å². The number of hydrogen-bond donors (Lipinski definition) is 0. The van der Waals surface area contributed by atoms with Crippen LogP contribution in [0.25, 0.3) is 0 Å². The number of nitrogens with zero attached hydrogens (tertiary/aromatic N) is 2. The zero-order chi connectivity index (χ0) is 19.4. The molecule has 1 saturated heterocycles. The van der Waals surface area contributed by atoms with Gasteiger partial charge in [-0.1, -0.05) is 23.8 Å². The van der Waals surface area contributed by atoms with Crippen LogP contribution in [0.5, 0.6) is 5.75 Å². The van der Waals surface area contributed by atoms with Gasteiger partial charge in [-0.25, -0.2) is 4.39 Å². The van der Waals surface area contributed by atoms with Crippen molar-refractivity contribution in [2.24, 2.45) is 0 Å². The van der Waals surface area contributed by atoms with E-state index in [0.717, 1.165) is 11.1 Å². The van der Waals surface area contributed by atoms with Gasteiger partial charge in [-0.2, -0.15) is 0 Å². The van der Waals surface area contributed by atoms with Crippen LogP contribution in [0.2, 0.25) is 0 Å². The van der Waals surface area contributed by atoms with Crippen LogP contribution in [-0.2, 0) is 4.79 Å². The largest absolute Gasteiger partial charge is 0.484 e. The third kappa shape index (κ3) is 4.64. The Bertz CT molecular complexity index is 845. The molecule has 0 aromatic heterocycles. The van der Waals surface area contributed by atoms with Gasteiger partial charge in [0, 0.05) is 31.7 Å². The molecule has 2 aromatic rings. The molecule has 0 bridgehead atoms. The van der Waals surface area contributed by atoms with Crippen LogP contribution in [0.3, 0.4) is 0 Å². The quantitative estimate of drug-likeness (QED) is 0.832. The monoisotopic (exact) mass is 370 g/mol. The van der Waals surface area contributed by atoms with Crippen molar-refractivity contribution in [3.8, 4) is 5.75 Å². The van der Waals surface area contributed by atoms with Gasteiger partial charge in [0.15, 0.2) is 6.61 Å². The SMILES string of the molecule is Cc1ccc(OCC(=O)N2CCN(C(=O)c3cccc(F)c3)CC2)c(C)c1. The summed E-state index contributed by atoms with van der Waals surface area (Å²) in [6.07, 6.45) is 0. The summed E-state index contributed by atoms with van der Waals surface area (Å²) in [5.41, 5.74) is 2.46. The first kappa shape index (κ1) is 18.9. The van der Waals surface area contributed by atoms with Crippen molar-refractivity contribution < 1.29 is 18.7 Å². The average molecular weight is 370 g/mol. The average Bonchev–Trinajstić information content (AvgIpc) is 2.66. The Balaban J connectivity index is 1.51. The van der Waals surface area contributed by atoms with Crippen molar-refractivity contribution in [2.75, 3.05) is 32.8 Å². The van der Waals surface area contributed by atoms with E-state index in [2.05, 4.69) is 0 Å². The second-order valence-electron chi connectivity index (χ2n) is 6.74. The molecule has 1 aliphatic rings. The second kappa shape index (κ2) is 8.20. The first-order valence-electron chi connectivity index (χ1n) is 8.97. The number of piperazine rings is 1. The van der Waals surface area contributed by atoms with Crippen molar-refractivity contribution in [1.82, 2.24) is 9.80 Å². The number of hydrogen-bond acceptors (Lipinski definition) is 3. The Morgan fingerprint density at radius 2 is 1.70 bits per heavy atom. The molecule has 0 unspecified atom stereocenters. The maximum atomic E-state index is 13.3. The molecule has 142 valence electrons. The van der Waals surface area contributed by atoms with E-state index < -0.39 is 5.82 Å². The molecule has 0 radical (unpaired) electrons. The summed E-state index contributed by atoms with van der Waals surface area (Å²) in [4.78, 5) is 28.2. The number of aryl methyl sites for hydroxylation is 2. The van der Waals surface area contributed by atoms with Crippen molar-refractivity contribution in [3.05, 3.63) is 65.0 Å². The molecule has 0 N–H and O–H groups in total. The maximum Gasteiger partial charge on any atom is 0.260 e.